The molecular weight excluding hydrogens is 336 g/mol. The van der Waals surface area contributed by atoms with Crippen LogP contribution in [0.25, 0.3) is 0 Å². The summed E-state index contributed by atoms with van der Waals surface area (Å²) in [5, 5.41) is 0. The van der Waals surface area contributed by atoms with E-state index in [1.807, 2.05) is 39.0 Å². The highest BCUT2D eigenvalue weighted by Crippen LogP contribution is 2.39. The Bertz CT molecular complexity index is 916. The molecule has 0 spiro atoms. The molecule has 0 saturated carbocycles. The number of piperazine rings is 1. The van der Waals surface area contributed by atoms with Gasteiger partial charge in [-0.1, -0.05) is 12.1 Å². The van der Waals surface area contributed by atoms with E-state index >= 15 is 0 Å². The van der Waals surface area contributed by atoms with Gasteiger partial charge in [-0.3, -0.25) is 0 Å². The third kappa shape index (κ3) is 2.71. The summed E-state index contributed by atoms with van der Waals surface area (Å²) in [6.45, 7) is 7.01. The molecule has 5 rings (SSSR count). The third-order valence-electron chi connectivity index (χ3n) is 5.11. The van der Waals surface area contributed by atoms with E-state index in [0.29, 0.717) is 18.0 Å². The van der Waals surface area contributed by atoms with Crippen molar-refractivity contribution in [2.45, 2.75) is 44.2 Å². The van der Waals surface area contributed by atoms with Gasteiger partial charge in [0.1, 0.15) is 11.6 Å². The molecule has 3 fully saturated rings. The Hall–Kier alpha value is -1.99. The van der Waals surface area contributed by atoms with Crippen LogP contribution < -0.4 is 4.90 Å². The maximum atomic E-state index is 13.2. The van der Waals surface area contributed by atoms with Crippen molar-refractivity contribution >= 4 is 15.8 Å². The summed E-state index contributed by atoms with van der Waals surface area (Å²) in [4.78, 5) is 11.2. The second-order valence-corrected chi connectivity index (χ2v) is 8.83. The molecule has 2 aromatic rings. The minimum Gasteiger partial charge on any atom is -0.353 e. The average molecular weight is 358 g/mol. The van der Waals surface area contributed by atoms with Crippen molar-refractivity contribution in [3.63, 3.8) is 0 Å². The molecule has 3 aliphatic heterocycles. The van der Waals surface area contributed by atoms with Crippen LogP contribution in [-0.2, 0) is 10.0 Å². The van der Waals surface area contributed by atoms with Crippen LogP contribution in [0.3, 0.4) is 0 Å². The maximum Gasteiger partial charge on any atom is 0.243 e. The standard InChI is InChI=1S/C18H22N4O2S/c1-12-4-5-13(2)17(8-12)25(23,24)22-15-9-16(22)11-21(10-15)18-6-7-19-14(3)20-18/h4-8,15-16H,9-11H2,1-3H3. The first-order valence-electron chi connectivity index (χ1n) is 8.51. The number of piperidine rings is 1. The monoisotopic (exact) mass is 358 g/mol. The van der Waals surface area contributed by atoms with E-state index in [2.05, 4.69) is 14.9 Å². The molecule has 0 radical (unpaired) electrons. The second-order valence-electron chi connectivity index (χ2n) is 7.01. The number of hydrogen-bond acceptors (Lipinski definition) is 5. The third-order valence-corrected chi connectivity index (χ3v) is 7.26. The molecule has 25 heavy (non-hydrogen) atoms. The van der Waals surface area contributed by atoms with E-state index in [1.54, 1.807) is 16.6 Å². The zero-order valence-corrected chi connectivity index (χ0v) is 15.5. The summed E-state index contributed by atoms with van der Waals surface area (Å²) < 4.78 is 28.1. The lowest BCUT2D eigenvalue weighted by atomic mass is 9.91. The molecule has 6 nitrogen and oxygen atoms in total. The SMILES string of the molecule is Cc1ccc(C)c(S(=O)(=O)N2C3CC2CN(c2ccnc(C)n2)C3)c1. The Morgan fingerprint density at radius 2 is 1.80 bits per heavy atom. The number of aryl methyl sites for hydroxylation is 3. The predicted octanol–water partition coefficient (Wildman–Crippen LogP) is 2.05. The first-order valence-corrected chi connectivity index (χ1v) is 9.95. The number of benzene rings is 1. The first-order chi connectivity index (χ1) is 11.9. The van der Waals surface area contributed by atoms with Crippen molar-refractivity contribution in [2.24, 2.45) is 0 Å². The van der Waals surface area contributed by atoms with Crippen LogP contribution >= 0.6 is 0 Å². The van der Waals surface area contributed by atoms with E-state index < -0.39 is 10.0 Å². The Morgan fingerprint density at radius 3 is 2.48 bits per heavy atom. The zero-order chi connectivity index (χ0) is 17.8. The van der Waals surface area contributed by atoms with Gasteiger partial charge in [-0.15, -0.1) is 0 Å². The summed E-state index contributed by atoms with van der Waals surface area (Å²) >= 11 is 0. The van der Waals surface area contributed by atoms with Gasteiger partial charge >= 0.3 is 0 Å². The van der Waals surface area contributed by atoms with Gasteiger partial charge in [-0.2, -0.15) is 4.31 Å². The highest BCUT2D eigenvalue weighted by molar-refractivity contribution is 7.89. The van der Waals surface area contributed by atoms with Crippen molar-refractivity contribution in [2.75, 3.05) is 18.0 Å². The summed E-state index contributed by atoms with van der Waals surface area (Å²) in [6.07, 6.45) is 2.67. The normalized spacial score (nSPS) is 23.4. The van der Waals surface area contributed by atoms with Crippen LogP contribution in [0.5, 0.6) is 0 Å². The van der Waals surface area contributed by atoms with Crippen LogP contribution in [0.15, 0.2) is 35.4 Å². The zero-order valence-electron chi connectivity index (χ0n) is 14.7. The Morgan fingerprint density at radius 1 is 1.08 bits per heavy atom. The van der Waals surface area contributed by atoms with Crippen molar-refractivity contribution in [3.05, 3.63) is 47.4 Å². The van der Waals surface area contributed by atoms with Crippen molar-refractivity contribution < 1.29 is 8.42 Å². The largest absolute Gasteiger partial charge is 0.353 e. The van der Waals surface area contributed by atoms with Crippen LogP contribution in [-0.4, -0.2) is 47.9 Å². The average Bonchev–Trinajstić information content (AvgIpc) is 2.56. The Labute approximate surface area is 148 Å². The fourth-order valence-electron chi connectivity index (χ4n) is 3.87. The summed E-state index contributed by atoms with van der Waals surface area (Å²) in [6, 6.07) is 7.53. The molecule has 2 bridgehead atoms. The quantitative estimate of drug-likeness (QED) is 0.840. The number of hydrogen-bond donors (Lipinski definition) is 0. The van der Waals surface area contributed by atoms with E-state index in [1.165, 1.54) is 0 Å². The van der Waals surface area contributed by atoms with Gasteiger partial charge in [-0.25, -0.2) is 18.4 Å². The molecule has 1 aromatic heterocycles. The summed E-state index contributed by atoms with van der Waals surface area (Å²) in [5.74, 6) is 1.61. The van der Waals surface area contributed by atoms with Crippen LogP contribution in [0.2, 0.25) is 0 Å². The number of anilines is 1. The topological polar surface area (TPSA) is 66.4 Å². The van der Waals surface area contributed by atoms with E-state index in [0.717, 1.165) is 29.2 Å². The van der Waals surface area contributed by atoms with Crippen molar-refractivity contribution in [1.29, 1.82) is 0 Å². The van der Waals surface area contributed by atoms with Gasteiger partial charge in [0.2, 0.25) is 10.0 Å². The fraction of sp³-hybridized carbons (Fsp3) is 0.444. The fourth-order valence-corrected chi connectivity index (χ4v) is 6.00. The minimum absolute atomic E-state index is 0.0129. The summed E-state index contributed by atoms with van der Waals surface area (Å²) in [5.41, 5.74) is 1.77. The van der Waals surface area contributed by atoms with Gasteiger partial charge in [-0.05, 0) is 50.5 Å². The molecule has 0 N–H and O–H groups in total. The molecule has 1 aromatic carbocycles. The lowest BCUT2D eigenvalue weighted by Gasteiger charge is -2.55. The predicted molar refractivity (Wildman–Crippen MR) is 96.1 cm³/mol. The van der Waals surface area contributed by atoms with Gasteiger partial charge < -0.3 is 4.90 Å². The number of aromatic nitrogens is 2. The van der Waals surface area contributed by atoms with Gasteiger partial charge in [0, 0.05) is 31.4 Å². The van der Waals surface area contributed by atoms with Crippen LogP contribution in [0, 0.1) is 20.8 Å². The minimum atomic E-state index is -3.45. The number of sulfonamides is 1. The molecule has 2 atom stereocenters. The maximum absolute atomic E-state index is 13.2. The van der Waals surface area contributed by atoms with Gasteiger partial charge in [0.05, 0.1) is 4.90 Å². The number of fused-ring (bicyclic) bond motifs is 2. The van der Waals surface area contributed by atoms with Crippen LogP contribution in [0.4, 0.5) is 5.82 Å². The Kier molecular flexibility index (Phi) is 3.81. The molecular formula is C18H22N4O2S. The molecule has 0 aliphatic carbocycles. The van der Waals surface area contributed by atoms with E-state index in [9.17, 15) is 8.42 Å². The summed E-state index contributed by atoms with van der Waals surface area (Å²) in [7, 11) is -3.45. The molecule has 3 aliphatic rings. The first kappa shape index (κ1) is 16.5. The number of nitrogens with zero attached hydrogens (tertiary/aromatic N) is 4. The van der Waals surface area contributed by atoms with E-state index in [-0.39, 0.29) is 12.1 Å². The lowest BCUT2D eigenvalue weighted by molar-refractivity contribution is 0.0874. The van der Waals surface area contributed by atoms with Crippen molar-refractivity contribution in [3.8, 4) is 0 Å². The Balaban J connectivity index is 1.60. The molecule has 7 heteroatoms. The lowest BCUT2D eigenvalue weighted by Crippen LogP contribution is -2.70. The molecule has 2 unspecified atom stereocenters. The number of rotatable bonds is 3. The van der Waals surface area contributed by atoms with Gasteiger partial charge in [0.25, 0.3) is 0 Å². The highest BCUT2D eigenvalue weighted by atomic mass is 32.2. The molecule has 132 valence electrons. The highest BCUT2D eigenvalue weighted by Gasteiger charge is 2.51. The van der Waals surface area contributed by atoms with Crippen LogP contribution in [0.1, 0.15) is 23.4 Å². The molecule has 0 amide bonds. The molecule has 3 saturated heterocycles. The van der Waals surface area contributed by atoms with Crippen molar-refractivity contribution in [1.82, 2.24) is 14.3 Å². The second kappa shape index (κ2) is 5.78. The van der Waals surface area contributed by atoms with E-state index in [4.69, 9.17) is 0 Å². The smallest absolute Gasteiger partial charge is 0.243 e. The van der Waals surface area contributed by atoms with Gasteiger partial charge in [0.15, 0.2) is 0 Å². The molecule has 4 heterocycles.